The van der Waals surface area contributed by atoms with Crippen molar-refractivity contribution < 1.29 is 34.3 Å². The van der Waals surface area contributed by atoms with Crippen molar-refractivity contribution in [2.75, 3.05) is 7.11 Å². The smallest absolute Gasteiger partial charge is 0.257 e. The number of Topliss-reactive ketones (excluding diaryl/α,β-unsaturated/α-hetero) is 1. The summed E-state index contributed by atoms with van der Waals surface area (Å²) < 4.78 is 16.6. The minimum absolute atomic E-state index is 0.0287. The fourth-order valence-corrected chi connectivity index (χ4v) is 4.08. The molecule has 6 atom stereocenters. The Bertz CT molecular complexity index is 756. The molecular weight excluding hydrogens is 328 g/mol. The molecule has 1 aromatic carbocycles. The van der Waals surface area contributed by atoms with E-state index >= 15 is 0 Å². The van der Waals surface area contributed by atoms with Crippen LogP contribution in [0.3, 0.4) is 0 Å². The zero-order valence-corrected chi connectivity index (χ0v) is 13.9. The number of hydrogen-bond acceptors (Lipinski definition) is 7. The van der Waals surface area contributed by atoms with Gasteiger partial charge in [-0.05, 0) is 6.07 Å². The molecular formula is C18H20O7. The number of carbonyl (C=O) groups is 1. The lowest BCUT2D eigenvalue weighted by Gasteiger charge is -2.46. The van der Waals surface area contributed by atoms with Gasteiger partial charge in [0.05, 0.1) is 23.7 Å². The van der Waals surface area contributed by atoms with E-state index in [1.165, 1.54) is 6.07 Å². The molecule has 3 N–H and O–H groups in total. The summed E-state index contributed by atoms with van der Waals surface area (Å²) in [4.78, 5) is 13.2. The molecule has 7 heteroatoms. The maximum absolute atomic E-state index is 13.2. The van der Waals surface area contributed by atoms with E-state index in [1.807, 2.05) is 6.92 Å². The first kappa shape index (κ1) is 16.4. The number of aromatic hydroxyl groups is 1. The van der Waals surface area contributed by atoms with Crippen LogP contribution in [0.1, 0.15) is 18.9 Å². The van der Waals surface area contributed by atoms with E-state index in [0.717, 1.165) is 0 Å². The largest absolute Gasteiger partial charge is 0.504 e. The van der Waals surface area contributed by atoms with Gasteiger partial charge in [-0.15, -0.1) is 0 Å². The Labute approximate surface area is 144 Å². The molecule has 0 radical (unpaired) electrons. The second-order valence-corrected chi connectivity index (χ2v) is 6.77. The topological polar surface area (TPSA) is 105 Å². The van der Waals surface area contributed by atoms with E-state index in [4.69, 9.17) is 14.2 Å². The van der Waals surface area contributed by atoms with Crippen LogP contribution in [0.25, 0.3) is 5.57 Å². The molecule has 1 aromatic rings. The number of phenolic OH excluding ortho intramolecular Hbond substituents is 1. The molecule has 0 amide bonds. The third-order valence-corrected chi connectivity index (χ3v) is 5.45. The lowest BCUT2D eigenvalue weighted by atomic mass is 9.70. The summed E-state index contributed by atoms with van der Waals surface area (Å²) in [5, 5.41) is 30.9. The summed E-state index contributed by atoms with van der Waals surface area (Å²) in [5.41, 5.74) is 0.519. The highest BCUT2D eigenvalue weighted by atomic mass is 16.6. The highest BCUT2D eigenvalue weighted by Gasteiger charge is 2.53. The Morgan fingerprint density at radius 1 is 1.24 bits per heavy atom. The molecule has 0 saturated heterocycles. The third-order valence-electron chi connectivity index (χ3n) is 5.45. The van der Waals surface area contributed by atoms with Crippen molar-refractivity contribution in [2.45, 2.75) is 37.9 Å². The molecule has 0 aromatic heterocycles. The minimum atomic E-state index is -1.49. The zero-order chi connectivity index (χ0) is 17.9. The van der Waals surface area contributed by atoms with Crippen LogP contribution < -0.4 is 4.74 Å². The Balaban J connectivity index is 1.82. The molecule has 0 spiro atoms. The number of phenols is 1. The van der Waals surface area contributed by atoms with Crippen LogP contribution in [0.4, 0.5) is 0 Å². The first-order chi connectivity index (χ1) is 11.9. The van der Waals surface area contributed by atoms with E-state index < -0.39 is 24.4 Å². The van der Waals surface area contributed by atoms with Gasteiger partial charge in [-0.1, -0.05) is 19.1 Å². The molecule has 1 aliphatic carbocycles. The lowest BCUT2D eigenvalue weighted by Crippen LogP contribution is -2.55. The molecule has 4 rings (SSSR count). The fourth-order valence-electron chi connectivity index (χ4n) is 4.08. The van der Waals surface area contributed by atoms with Crippen molar-refractivity contribution in [1.29, 1.82) is 0 Å². The summed E-state index contributed by atoms with van der Waals surface area (Å²) in [6, 6.07) is 4.61. The van der Waals surface area contributed by atoms with Crippen LogP contribution in [0.2, 0.25) is 0 Å². The van der Waals surface area contributed by atoms with E-state index in [2.05, 4.69) is 0 Å². The number of para-hydroxylation sites is 1. The third kappa shape index (κ3) is 2.27. The average molecular weight is 348 g/mol. The van der Waals surface area contributed by atoms with Gasteiger partial charge >= 0.3 is 0 Å². The van der Waals surface area contributed by atoms with Crippen LogP contribution >= 0.6 is 0 Å². The number of benzene rings is 1. The van der Waals surface area contributed by atoms with Gasteiger partial charge in [0.25, 0.3) is 6.29 Å². The highest BCUT2D eigenvalue weighted by molar-refractivity contribution is 6.24. The summed E-state index contributed by atoms with van der Waals surface area (Å²) in [6.45, 7) is 1.84. The van der Waals surface area contributed by atoms with E-state index in [-0.39, 0.29) is 40.6 Å². The first-order valence-corrected chi connectivity index (χ1v) is 8.27. The highest BCUT2D eigenvalue weighted by Crippen LogP contribution is 2.48. The molecule has 1 saturated carbocycles. The van der Waals surface area contributed by atoms with E-state index in [9.17, 15) is 20.1 Å². The summed E-state index contributed by atoms with van der Waals surface area (Å²) in [5.74, 6) is -1.39. The van der Waals surface area contributed by atoms with Gasteiger partial charge in [0, 0.05) is 25.0 Å². The quantitative estimate of drug-likeness (QED) is 0.690. The van der Waals surface area contributed by atoms with Gasteiger partial charge in [-0.25, -0.2) is 0 Å². The van der Waals surface area contributed by atoms with Crippen LogP contribution in [-0.2, 0) is 14.3 Å². The van der Waals surface area contributed by atoms with Gasteiger partial charge in [-0.2, -0.15) is 0 Å². The van der Waals surface area contributed by atoms with Crippen molar-refractivity contribution >= 4 is 11.4 Å². The van der Waals surface area contributed by atoms with Crippen LogP contribution in [0.5, 0.6) is 11.5 Å². The second kappa shape index (κ2) is 5.72. The minimum Gasteiger partial charge on any atom is -0.504 e. The SMILES string of the molecule is COC1CC2OC3=C(C(=O)C2C(O)C1C)c1cccc(O)c1OC3O. The molecule has 1 fully saturated rings. The Hall–Kier alpha value is -2.09. The molecule has 2 heterocycles. The first-order valence-electron chi connectivity index (χ1n) is 8.27. The number of methoxy groups -OCH3 is 1. The van der Waals surface area contributed by atoms with Gasteiger partial charge < -0.3 is 29.5 Å². The van der Waals surface area contributed by atoms with Gasteiger partial charge in [0.1, 0.15) is 6.10 Å². The Kier molecular flexibility index (Phi) is 3.75. The molecule has 3 aliphatic rings. The predicted molar refractivity (Wildman–Crippen MR) is 85.6 cm³/mol. The molecule has 0 bridgehead atoms. The van der Waals surface area contributed by atoms with Gasteiger partial charge in [-0.3, -0.25) is 4.79 Å². The van der Waals surface area contributed by atoms with Crippen LogP contribution in [0, 0.1) is 11.8 Å². The van der Waals surface area contributed by atoms with E-state index in [1.54, 1.807) is 19.2 Å². The average Bonchev–Trinajstić information content (AvgIpc) is 2.59. The van der Waals surface area contributed by atoms with Crippen molar-refractivity contribution in [1.82, 2.24) is 0 Å². The van der Waals surface area contributed by atoms with Crippen molar-refractivity contribution in [3.63, 3.8) is 0 Å². The lowest BCUT2D eigenvalue weighted by molar-refractivity contribution is -0.161. The maximum atomic E-state index is 13.2. The number of aliphatic hydroxyl groups excluding tert-OH is 2. The monoisotopic (exact) mass is 348 g/mol. The van der Waals surface area contributed by atoms with Crippen molar-refractivity contribution in [3.05, 3.63) is 29.5 Å². The maximum Gasteiger partial charge on any atom is 0.257 e. The van der Waals surface area contributed by atoms with Crippen LogP contribution in [-0.4, -0.2) is 52.8 Å². The summed E-state index contributed by atoms with van der Waals surface area (Å²) >= 11 is 0. The standard InChI is InChI=1S/C18H20O7/c1-7-10(23-2)6-11-13(14(7)20)15(21)12-8-4-3-5-9(19)16(8)25-18(22)17(12)24-11/h3-5,7,10-11,13-14,18-20,22H,6H2,1-2H3. The van der Waals surface area contributed by atoms with Gasteiger partial charge in [0.15, 0.2) is 23.0 Å². The molecule has 7 nitrogen and oxygen atoms in total. The molecule has 25 heavy (non-hydrogen) atoms. The van der Waals surface area contributed by atoms with Crippen molar-refractivity contribution in [3.8, 4) is 11.5 Å². The predicted octanol–water partition coefficient (Wildman–Crippen LogP) is 0.814. The van der Waals surface area contributed by atoms with Crippen LogP contribution in [0.15, 0.2) is 24.0 Å². The molecule has 134 valence electrons. The number of rotatable bonds is 1. The number of ketones is 1. The Morgan fingerprint density at radius 2 is 2.00 bits per heavy atom. The zero-order valence-electron chi connectivity index (χ0n) is 13.9. The molecule has 6 unspecified atom stereocenters. The summed E-state index contributed by atoms with van der Waals surface area (Å²) in [7, 11) is 1.56. The number of fused-ring (bicyclic) bond motifs is 3. The number of carbonyl (C=O) groups excluding carboxylic acids is 1. The molecule has 2 aliphatic heterocycles. The van der Waals surface area contributed by atoms with E-state index in [0.29, 0.717) is 12.0 Å². The normalized spacial score (nSPS) is 36.7. The number of aliphatic hydroxyl groups is 2. The number of allylic oxidation sites excluding steroid dienone is 1. The second-order valence-electron chi connectivity index (χ2n) is 6.77. The number of ether oxygens (including phenoxy) is 3. The fraction of sp³-hybridized carbons (Fsp3) is 0.500. The number of hydrogen-bond donors (Lipinski definition) is 3. The van der Waals surface area contributed by atoms with Crippen molar-refractivity contribution in [2.24, 2.45) is 11.8 Å². The summed E-state index contributed by atoms with van der Waals surface area (Å²) in [6.07, 6.45) is -2.82. The Morgan fingerprint density at radius 3 is 2.72 bits per heavy atom. The van der Waals surface area contributed by atoms with Gasteiger partial charge in [0.2, 0.25) is 0 Å².